The van der Waals surface area contributed by atoms with E-state index in [0.29, 0.717) is 50.9 Å². The molecule has 1 saturated heterocycles. The first-order chi connectivity index (χ1) is 19.4. The Labute approximate surface area is 238 Å². The molecule has 0 unspecified atom stereocenters. The van der Waals surface area contributed by atoms with E-state index in [0.717, 1.165) is 50.0 Å². The molecular weight excluding hydrogens is 525 g/mol. The Morgan fingerprint density at radius 1 is 1.10 bits per heavy atom. The maximum Gasteiger partial charge on any atom is 0.414 e. The maximum absolute atomic E-state index is 15.8. The Kier molecular flexibility index (Phi) is 6.64. The molecule has 0 atom stereocenters. The van der Waals surface area contributed by atoms with Crippen molar-refractivity contribution in [2.24, 2.45) is 5.41 Å². The van der Waals surface area contributed by atoms with Crippen molar-refractivity contribution in [3.8, 4) is 11.1 Å². The lowest BCUT2D eigenvalue weighted by atomic mass is 9.63. The summed E-state index contributed by atoms with van der Waals surface area (Å²) >= 11 is 0. The Balaban J connectivity index is 1.30. The van der Waals surface area contributed by atoms with Gasteiger partial charge in [-0.05, 0) is 88.9 Å². The lowest BCUT2D eigenvalue weighted by Gasteiger charge is -2.53. The van der Waals surface area contributed by atoms with Gasteiger partial charge in [0.2, 0.25) is 0 Å². The van der Waals surface area contributed by atoms with Gasteiger partial charge in [0.25, 0.3) is 0 Å². The van der Waals surface area contributed by atoms with Crippen LogP contribution in [0, 0.1) is 25.1 Å². The van der Waals surface area contributed by atoms with Gasteiger partial charge in [-0.15, -0.1) is 0 Å². The van der Waals surface area contributed by atoms with Crippen LogP contribution in [0.2, 0.25) is 0 Å². The van der Waals surface area contributed by atoms with E-state index in [2.05, 4.69) is 20.6 Å². The number of hydrogen-bond acceptors (Lipinski definition) is 7. The summed E-state index contributed by atoms with van der Waals surface area (Å²) in [6.45, 7) is 11.6. The monoisotopic (exact) mass is 561 g/mol. The number of halogens is 1. The van der Waals surface area contributed by atoms with E-state index in [-0.39, 0.29) is 11.9 Å². The summed E-state index contributed by atoms with van der Waals surface area (Å²) in [6, 6.07) is 3.46. The van der Waals surface area contributed by atoms with E-state index >= 15 is 4.39 Å². The Hall–Kier alpha value is -3.79. The number of amides is 2. The predicted octanol–water partition coefficient (Wildman–Crippen LogP) is 6.04. The number of aromatic nitrogens is 2. The second-order valence-corrected chi connectivity index (χ2v) is 12.6. The molecule has 3 aromatic rings. The highest BCUT2D eigenvalue weighted by molar-refractivity contribution is 5.96. The molecule has 0 radical (unpaired) electrons. The fourth-order valence-electron chi connectivity index (χ4n) is 6.22. The summed E-state index contributed by atoms with van der Waals surface area (Å²) in [7, 11) is 0. The van der Waals surface area contributed by atoms with Gasteiger partial charge in [0.05, 0.1) is 11.4 Å². The van der Waals surface area contributed by atoms with Gasteiger partial charge in [-0.2, -0.15) is 0 Å². The molecule has 4 heterocycles. The first kappa shape index (κ1) is 27.4. The van der Waals surface area contributed by atoms with Crippen LogP contribution in [-0.2, 0) is 15.9 Å². The number of benzene rings is 1. The summed E-state index contributed by atoms with van der Waals surface area (Å²) in [4.78, 5) is 36.2. The van der Waals surface area contributed by atoms with Crippen LogP contribution in [0.1, 0.15) is 56.9 Å². The van der Waals surface area contributed by atoms with E-state index in [1.165, 1.54) is 0 Å². The molecule has 3 aliphatic rings. The predicted molar refractivity (Wildman–Crippen MR) is 155 cm³/mol. The number of rotatable bonds is 3. The Bertz CT molecular complexity index is 1550. The van der Waals surface area contributed by atoms with Crippen LogP contribution >= 0.6 is 0 Å². The average Bonchev–Trinajstić information content (AvgIpc) is 2.86. The zero-order valence-corrected chi connectivity index (χ0v) is 24.2. The molecule has 10 heteroatoms. The van der Waals surface area contributed by atoms with Gasteiger partial charge in [0.15, 0.2) is 0 Å². The van der Waals surface area contributed by atoms with Gasteiger partial charge in [0.1, 0.15) is 23.3 Å². The summed E-state index contributed by atoms with van der Waals surface area (Å²) in [5.41, 5.74) is 3.29. The van der Waals surface area contributed by atoms with E-state index in [1.54, 1.807) is 36.4 Å². The second-order valence-electron chi connectivity index (χ2n) is 12.6. The van der Waals surface area contributed by atoms with Crippen molar-refractivity contribution in [3.05, 3.63) is 47.2 Å². The highest BCUT2D eigenvalue weighted by Crippen LogP contribution is 2.46. The molecule has 2 fully saturated rings. The van der Waals surface area contributed by atoms with Crippen molar-refractivity contribution in [2.45, 2.75) is 72.0 Å². The number of pyridine rings is 2. The van der Waals surface area contributed by atoms with Crippen LogP contribution in [0.15, 0.2) is 24.5 Å². The molecule has 6 rings (SSSR count). The van der Waals surface area contributed by atoms with Crippen LogP contribution in [0.25, 0.3) is 21.9 Å². The Morgan fingerprint density at radius 2 is 1.85 bits per heavy atom. The maximum atomic E-state index is 15.8. The van der Waals surface area contributed by atoms with E-state index in [4.69, 9.17) is 9.47 Å². The lowest BCUT2D eigenvalue weighted by molar-refractivity contribution is -0.0665. The summed E-state index contributed by atoms with van der Waals surface area (Å²) < 4.78 is 27.1. The van der Waals surface area contributed by atoms with E-state index < -0.39 is 17.8 Å². The number of anilines is 2. The van der Waals surface area contributed by atoms with Crippen LogP contribution in [0.5, 0.6) is 0 Å². The third kappa shape index (κ3) is 5.09. The summed E-state index contributed by atoms with van der Waals surface area (Å²) in [5.74, 6) is -0.0523. The van der Waals surface area contributed by atoms with E-state index in [9.17, 15) is 9.59 Å². The smallest absolute Gasteiger partial charge is 0.414 e. The highest BCUT2D eigenvalue weighted by atomic mass is 19.1. The van der Waals surface area contributed by atoms with Crippen molar-refractivity contribution < 1.29 is 23.5 Å². The fraction of sp³-hybridized carbons (Fsp3) is 0.484. The SMILES string of the molecule is Cc1c(-c2cc3cc(NC(=O)OC4CC5(CNC5)C4)ncc3c(C)c2F)cnc2c1N(C(=O)OC(C)(C)C)CCC2. The largest absolute Gasteiger partial charge is 0.446 e. The van der Waals surface area contributed by atoms with Crippen molar-refractivity contribution >= 4 is 34.5 Å². The number of nitrogens with one attached hydrogen (secondary N) is 2. The van der Waals surface area contributed by atoms with Crippen molar-refractivity contribution in [3.63, 3.8) is 0 Å². The molecular formula is C31H36FN5O4. The molecule has 9 nitrogen and oxygen atoms in total. The minimum absolute atomic E-state index is 0.0831. The van der Waals surface area contributed by atoms with Crippen molar-refractivity contribution in [1.82, 2.24) is 15.3 Å². The van der Waals surface area contributed by atoms with E-state index in [1.807, 2.05) is 27.7 Å². The quantitative estimate of drug-likeness (QED) is 0.402. The topological polar surface area (TPSA) is 106 Å². The van der Waals surface area contributed by atoms with Crippen LogP contribution < -0.4 is 15.5 Å². The van der Waals surface area contributed by atoms with Gasteiger partial charge >= 0.3 is 12.2 Å². The fourth-order valence-corrected chi connectivity index (χ4v) is 6.22. The molecule has 2 aromatic heterocycles. The molecule has 2 amide bonds. The second kappa shape index (κ2) is 9.94. The first-order valence-electron chi connectivity index (χ1n) is 14.2. The zero-order valence-electron chi connectivity index (χ0n) is 24.2. The molecule has 1 spiro atoms. The molecule has 2 aliphatic heterocycles. The number of nitrogens with zero attached hydrogens (tertiary/aromatic N) is 3. The van der Waals surface area contributed by atoms with Gasteiger partial charge in [-0.1, -0.05) is 0 Å². The molecule has 1 aromatic carbocycles. The third-order valence-corrected chi connectivity index (χ3v) is 8.38. The minimum Gasteiger partial charge on any atom is -0.446 e. The standard InChI is InChI=1S/C31H36FN5O4/c1-17-22-13-35-25(36-28(38)40-20-11-31(12-20)15-33-16-31)10-19(22)9-21(26(17)32)23-14-34-24-7-6-8-37(27(24)18(23)2)29(39)41-30(3,4)5/h9-10,13-14,20,33H,6-8,11-12,15-16H2,1-5H3,(H,35,36,38). The van der Waals surface area contributed by atoms with Crippen molar-refractivity contribution in [2.75, 3.05) is 29.9 Å². The number of aryl methyl sites for hydroxylation is 2. The summed E-state index contributed by atoms with van der Waals surface area (Å²) in [6.07, 6.45) is 5.42. The van der Waals surface area contributed by atoms with Gasteiger partial charge in [-0.3, -0.25) is 15.2 Å². The molecule has 1 saturated carbocycles. The number of carbonyl (C=O) groups excluding carboxylic acids is 2. The first-order valence-corrected chi connectivity index (χ1v) is 14.2. The van der Waals surface area contributed by atoms with Crippen LogP contribution in [0.4, 0.5) is 25.5 Å². The van der Waals surface area contributed by atoms with Crippen LogP contribution in [0.3, 0.4) is 0 Å². The van der Waals surface area contributed by atoms with Crippen LogP contribution in [-0.4, -0.2) is 53.5 Å². The molecule has 41 heavy (non-hydrogen) atoms. The van der Waals surface area contributed by atoms with Gasteiger partial charge in [-0.25, -0.2) is 19.0 Å². The van der Waals surface area contributed by atoms with Crippen molar-refractivity contribution in [1.29, 1.82) is 0 Å². The number of fused-ring (bicyclic) bond motifs is 2. The normalized spacial score (nSPS) is 18.0. The Morgan fingerprint density at radius 3 is 2.54 bits per heavy atom. The molecule has 2 N–H and O–H groups in total. The number of carbonyl (C=O) groups is 2. The summed E-state index contributed by atoms with van der Waals surface area (Å²) in [5, 5.41) is 7.36. The third-order valence-electron chi connectivity index (χ3n) is 8.38. The van der Waals surface area contributed by atoms with Gasteiger partial charge in [0, 0.05) is 54.0 Å². The average molecular weight is 562 g/mol. The zero-order chi connectivity index (χ0) is 29.1. The number of ether oxygens (including phenoxy) is 2. The molecule has 1 aliphatic carbocycles. The van der Waals surface area contributed by atoms with Gasteiger partial charge < -0.3 is 14.8 Å². The highest BCUT2D eigenvalue weighted by Gasteiger charge is 2.50. The molecule has 216 valence electrons. The lowest BCUT2D eigenvalue weighted by Crippen LogP contribution is -2.62. The molecule has 0 bridgehead atoms. The minimum atomic E-state index is -0.643. The number of hydrogen-bond donors (Lipinski definition) is 2.